The van der Waals surface area contributed by atoms with Crippen LogP contribution in [0.25, 0.3) is 0 Å². The van der Waals surface area contributed by atoms with Gasteiger partial charge in [0.05, 0.1) is 15.7 Å². The molecule has 0 fully saturated rings. The molecule has 0 unspecified atom stereocenters. The second kappa shape index (κ2) is 4.82. The van der Waals surface area contributed by atoms with Gasteiger partial charge >= 0.3 is 0 Å². The van der Waals surface area contributed by atoms with E-state index < -0.39 is 5.82 Å². The first-order valence-corrected chi connectivity index (χ1v) is 5.50. The number of nitrogen functional groups attached to an aromatic ring is 1. The highest BCUT2D eigenvalue weighted by Gasteiger charge is 2.10. The van der Waals surface area contributed by atoms with E-state index in [-0.39, 0.29) is 16.5 Å². The number of para-hydroxylation sites is 1. The van der Waals surface area contributed by atoms with Gasteiger partial charge in [0.2, 0.25) is 0 Å². The Morgan fingerprint density at radius 1 is 1.06 bits per heavy atom. The van der Waals surface area contributed by atoms with Crippen LogP contribution in [0.3, 0.4) is 0 Å². The van der Waals surface area contributed by atoms with Crippen molar-refractivity contribution >= 4 is 28.9 Å². The summed E-state index contributed by atoms with van der Waals surface area (Å²) in [4.78, 5) is 0. The number of rotatable bonds is 2. The smallest absolute Gasteiger partial charge is 0.168 e. The Bertz CT molecular complexity index is 540. The molecule has 0 aromatic heterocycles. The molecule has 0 bridgehead atoms. The fraction of sp³-hybridized carbons (Fsp3) is 0. The molecule has 0 spiro atoms. The van der Waals surface area contributed by atoms with Crippen molar-refractivity contribution in [3.63, 3.8) is 0 Å². The normalized spacial score (nSPS) is 10.3. The first-order valence-electron chi connectivity index (χ1n) is 4.75. The molecule has 0 radical (unpaired) electrons. The van der Waals surface area contributed by atoms with E-state index in [0.717, 1.165) is 0 Å². The van der Waals surface area contributed by atoms with Crippen molar-refractivity contribution in [3.8, 4) is 11.5 Å². The topological polar surface area (TPSA) is 35.2 Å². The average molecular weight is 272 g/mol. The van der Waals surface area contributed by atoms with Crippen LogP contribution in [0, 0.1) is 5.82 Å². The first-order chi connectivity index (χ1) is 8.08. The number of halogens is 3. The van der Waals surface area contributed by atoms with Crippen LogP contribution >= 0.6 is 23.2 Å². The maximum Gasteiger partial charge on any atom is 0.168 e. The van der Waals surface area contributed by atoms with E-state index in [1.807, 2.05) is 0 Å². The Labute approximate surface area is 108 Å². The Morgan fingerprint density at radius 3 is 2.53 bits per heavy atom. The number of ether oxygens (including phenoxy) is 1. The van der Waals surface area contributed by atoms with E-state index in [9.17, 15) is 4.39 Å². The lowest BCUT2D eigenvalue weighted by molar-refractivity contribution is 0.479. The summed E-state index contributed by atoms with van der Waals surface area (Å²) in [5.74, 6) is -0.0110. The summed E-state index contributed by atoms with van der Waals surface area (Å²) in [6, 6.07) is 8.77. The highest BCUT2D eigenvalue weighted by molar-refractivity contribution is 6.33. The number of hydrogen-bond donors (Lipinski definition) is 1. The molecule has 0 aliphatic carbocycles. The van der Waals surface area contributed by atoms with Crippen molar-refractivity contribution in [1.29, 1.82) is 0 Å². The van der Waals surface area contributed by atoms with Gasteiger partial charge in [0.15, 0.2) is 5.75 Å². The van der Waals surface area contributed by atoms with Gasteiger partial charge < -0.3 is 10.5 Å². The molecule has 2 aromatic rings. The molecule has 2 nitrogen and oxygen atoms in total. The van der Waals surface area contributed by atoms with E-state index >= 15 is 0 Å². The molecule has 0 aliphatic rings. The monoisotopic (exact) mass is 271 g/mol. The van der Waals surface area contributed by atoms with E-state index in [2.05, 4.69) is 0 Å². The van der Waals surface area contributed by atoms with Crippen LogP contribution in [0.1, 0.15) is 0 Å². The molecule has 88 valence electrons. The SMILES string of the molecule is Nc1cccc(Cl)c1Oc1cc(F)ccc1Cl. The lowest BCUT2D eigenvalue weighted by Crippen LogP contribution is -1.93. The second-order valence-electron chi connectivity index (χ2n) is 3.33. The van der Waals surface area contributed by atoms with Gasteiger partial charge in [-0.1, -0.05) is 29.3 Å². The van der Waals surface area contributed by atoms with Crippen molar-refractivity contribution in [2.24, 2.45) is 0 Å². The Kier molecular flexibility index (Phi) is 3.41. The summed E-state index contributed by atoms with van der Waals surface area (Å²) in [7, 11) is 0. The minimum Gasteiger partial charge on any atom is -0.452 e. The fourth-order valence-corrected chi connectivity index (χ4v) is 1.68. The van der Waals surface area contributed by atoms with E-state index in [0.29, 0.717) is 10.7 Å². The van der Waals surface area contributed by atoms with Crippen LogP contribution in [-0.2, 0) is 0 Å². The van der Waals surface area contributed by atoms with Gasteiger partial charge in [-0.25, -0.2) is 4.39 Å². The van der Waals surface area contributed by atoms with Crippen molar-refractivity contribution in [2.45, 2.75) is 0 Å². The number of anilines is 1. The summed E-state index contributed by atoms with van der Waals surface area (Å²) in [5.41, 5.74) is 6.07. The highest BCUT2D eigenvalue weighted by Crippen LogP contribution is 2.37. The molecular weight excluding hydrogens is 264 g/mol. The molecule has 5 heteroatoms. The molecular formula is C12H8Cl2FNO. The third kappa shape index (κ3) is 2.62. The first kappa shape index (κ1) is 12.0. The van der Waals surface area contributed by atoms with Gasteiger partial charge in [-0.2, -0.15) is 0 Å². The molecule has 17 heavy (non-hydrogen) atoms. The minimum atomic E-state index is -0.449. The summed E-state index contributed by atoms with van der Waals surface area (Å²) in [5, 5.41) is 0.621. The highest BCUT2D eigenvalue weighted by atomic mass is 35.5. The van der Waals surface area contributed by atoms with Crippen molar-refractivity contribution in [3.05, 3.63) is 52.3 Å². The van der Waals surface area contributed by atoms with Gasteiger partial charge in [0, 0.05) is 6.07 Å². The molecule has 0 saturated carbocycles. The molecule has 2 aromatic carbocycles. The second-order valence-corrected chi connectivity index (χ2v) is 4.15. The molecule has 0 heterocycles. The third-order valence-corrected chi connectivity index (χ3v) is 2.71. The van der Waals surface area contributed by atoms with Crippen LogP contribution in [0.15, 0.2) is 36.4 Å². The van der Waals surface area contributed by atoms with Gasteiger partial charge in [0.25, 0.3) is 0 Å². The van der Waals surface area contributed by atoms with Crippen LogP contribution in [0.4, 0.5) is 10.1 Å². The van der Waals surface area contributed by atoms with Crippen molar-refractivity contribution in [2.75, 3.05) is 5.73 Å². The molecule has 2 N–H and O–H groups in total. The molecule has 2 rings (SSSR count). The van der Waals surface area contributed by atoms with E-state index in [4.69, 9.17) is 33.7 Å². The fourth-order valence-electron chi connectivity index (χ4n) is 1.30. The van der Waals surface area contributed by atoms with Gasteiger partial charge in [-0.3, -0.25) is 0 Å². The van der Waals surface area contributed by atoms with Gasteiger partial charge in [-0.15, -0.1) is 0 Å². The Morgan fingerprint density at radius 2 is 1.82 bits per heavy atom. The van der Waals surface area contributed by atoms with Crippen molar-refractivity contribution in [1.82, 2.24) is 0 Å². The predicted molar refractivity (Wildman–Crippen MR) is 67.3 cm³/mol. The third-order valence-electron chi connectivity index (χ3n) is 2.10. The minimum absolute atomic E-state index is 0.173. The van der Waals surface area contributed by atoms with Gasteiger partial charge in [-0.05, 0) is 24.3 Å². The van der Waals surface area contributed by atoms with Gasteiger partial charge in [0.1, 0.15) is 11.6 Å². The lowest BCUT2D eigenvalue weighted by Gasteiger charge is -2.11. The zero-order chi connectivity index (χ0) is 12.4. The molecule has 0 saturated heterocycles. The number of hydrogen-bond acceptors (Lipinski definition) is 2. The molecule has 0 atom stereocenters. The average Bonchev–Trinajstić information content (AvgIpc) is 2.28. The van der Waals surface area contributed by atoms with E-state index in [1.54, 1.807) is 18.2 Å². The maximum absolute atomic E-state index is 13.0. The number of nitrogens with two attached hydrogens (primary N) is 1. The summed E-state index contributed by atoms with van der Waals surface area (Å²) in [6.45, 7) is 0. The predicted octanol–water partition coefficient (Wildman–Crippen LogP) is 4.51. The number of benzene rings is 2. The standard InChI is InChI=1S/C12H8Cl2FNO/c13-8-5-4-7(15)6-11(8)17-12-9(14)2-1-3-10(12)16/h1-6H,16H2. The van der Waals surface area contributed by atoms with Crippen LogP contribution in [0.2, 0.25) is 10.0 Å². The lowest BCUT2D eigenvalue weighted by atomic mass is 10.3. The summed E-state index contributed by atoms with van der Waals surface area (Å²) < 4.78 is 18.5. The Balaban J connectivity index is 2.41. The molecule has 0 amide bonds. The maximum atomic E-state index is 13.0. The van der Waals surface area contributed by atoms with Crippen molar-refractivity contribution < 1.29 is 9.13 Å². The zero-order valence-electron chi connectivity index (χ0n) is 8.58. The van der Waals surface area contributed by atoms with Crippen LogP contribution in [0.5, 0.6) is 11.5 Å². The largest absolute Gasteiger partial charge is 0.452 e. The zero-order valence-corrected chi connectivity index (χ0v) is 10.1. The summed E-state index contributed by atoms with van der Waals surface area (Å²) in [6.07, 6.45) is 0. The van der Waals surface area contributed by atoms with Crippen LogP contribution < -0.4 is 10.5 Å². The summed E-state index contributed by atoms with van der Waals surface area (Å²) >= 11 is 11.8. The Hall–Kier alpha value is -1.45. The molecule has 0 aliphatic heterocycles. The quantitative estimate of drug-likeness (QED) is 0.816. The van der Waals surface area contributed by atoms with Crippen LogP contribution in [-0.4, -0.2) is 0 Å². The van der Waals surface area contributed by atoms with E-state index in [1.165, 1.54) is 18.2 Å².